The first-order chi connectivity index (χ1) is 18.3. The van der Waals surface area contributed by atoms with Crippen molar-refractivity contribution in [2.75, 3.05) is 4.90 Å². The average Bonchev–Trinajstić information content (AvgIpc) is 3.33. The Morgan fingerprint density at radius 2 is 1.27 bits per heavy atom. The van der Waals surface area contributed by atoms with Gasteiger partial charge in [-0.3, -0.25) is 0 Å². The monoisotopic (exact) mass is 491 g/mol. The third kappa shape index (κ3) is 3.23. The van der Waals surface area contributed by atoms with Crippen molar-refractivity contribution < 1.29 is 4.42 Å². The molecule has 2 heterocycles. The van der Waals surface area contributed by atoms with Crippen LogP contribution in [0, 0.1) is 22.7 Å². The maximum absolute atomic E-state index is 9.99. The summed E-state index contributed by atoms with van der Waals surface area (Å²) >= 11 is 1.76. The van der Waals surface area contributed by atoms with E-state index < -0.39 is 0 Å². The normalized spacial score (nSPS) is 12.1. The molecule has 0 bridgehead atoms. The number of nitrogens with zero attached hydrogens (tertiary/aromatic N) is 3. The molecular weight excluding hydrogens is 474 g/mol. The number of anilines is 3. The highest BCUT2D eigenvalue weighted by Gasteiger charge is 2.27. The molecule has 6 aromatic rings. The van der Waals surface area contributed by atoms with Crippen molar-refractivity contribution in [3.8, 4) is 23.3 Å². The number of para-hydroxylation sites is 3. The Balaban J connectivity index is 1.62. The van der Waals surface area contributed by atoms with Crippen molar-refractivity contribution in [1.82, 2.24) is 0 Å². The highest BCUT2D eigenvalue weighted by molar-refractivity contribution is 7.99. The topological polar surface area (TPSA) is 64.0 Å². The Kier molecular flexibility index (Phi) is 4.79. The van der Waals surface area contributed by atoms with Gasteiger partial charge in [-0.25, -0.2) is 0 Å². The van der Waals surface area contributed by atoms with Gasteiger partial charge in [0.2, 0.25) is 0 Å². The molecule has 0 radical (unpaired) electrons. The van der Waals surface area contributed by atoms with E-state index in [9.17, 15) is 10.5 Å². The molecule has 172 valence electrons. The van der Waals surface area contributed by atoms with Crippen molar-refractivity contribution >= 4 is 50.8 Å². The molecule has 0 unspecified atom stereocenters. The minimum Gasteiger partial charge on any atom is -0.455 e. The molecule has 1 aliphatic rings. The minimum absolute atomic E-state index is 0.438. The van der Waals surface area contributed by atoms with Crippen LogP contribution in [0.25, 0.3) is 33.1 Å². The molecule has 0 spiro atoms. The minimum atomic E-state index is 0.438. The second kappa shape index (κ2) is 8.31. The third-order valence-electron chi connectivity index (χ3n) is 6.73. The van der Waals surface area contributed by atoms with Crippen molar-refractivity contribution in [1.29, 1.82) is 10.5 Å². The predicted octanol–water partition coefficient (Wildman–Crippen LogP) is 8.93. The molecule has 1 aliphatic heterocycles. The molecule has 0 saturated heterocycles. The second-order valence-corrected chi connectivity index (χ2v) is 9.88. The van der Waals surface area contributed by atoms with Gasteiger partial charge in [0, 0.05) is 37.4 Å². The van der Waals surface area contributed by atoms with E-state index in [0.29, 0.717) is 22.3 Å². The molecule has 0 N–H and O–H groups in total. The summed E-state index contributed by atoms with van der Waals surface area (Å²) in [4.78, 5) is 4.58. The van der Waals surface area contributed by atoms with Crippen LogP contribution in [0.2, 0.25) is 0 Å². The molecule has 0 atom stereocenters. The quantitative estimate of drug-likeness (QED) is 0.241. The molecular formula is C32H17N3OS. The van der Waals surface area contributed by atoms with Crippen molar-refractivity contribution in [3.63, 3.8) is 0 Å². The maximum atomic E-state index is 9.99. The average molecular weight is 492 g/mol. The number of nitriles is 2. The van der Waals surface area contributed by atoms with E-state index in [1.54, 1.807) is 30.0 Å². The summed E-state index contributed by atoms with van der Waals surface area (Å²) in [5.74, 6) is 0. The number of benzene rings is 5. The summed E-state index contributed by atoms with van der Waals surface area (Å²) in [7, 11) is 0. The van der Waals surface area contributed by atoms with E-state index in [1.807, 2.05) is 42.5 Å². The lowest BCUT2D eigenvalue weighted by atomic mass is 9.93. The smallest absolute Gasteiger partial charge is 0.143 e. The maximum Gasteiger partial charge on any atom is 0.143 e. The van der Waals surface area contributed by atoms with Crippen molar-refractivity contribution in [2.45, 2.75) is 9.79 Å². The molecule has 0 saturated carbocycles. The number of furan rings is 1. The Bertz CT molecular complexity index is 1880. The Morgan fingerprint density at radius 1 is 0.649 bits per heavy atom. The molecule has 5 heteroatoms. The van der Waals surface area contributed by atoms with Gasteiger partial charge in [0.15, 0.2) is 0 Å². The van der Waals surface area contributed by atoms with Gasteiger partial charge in [-0.2, -0.15) is 10.5 Å². The van der Waals surface area contributed by atoms with E-state index in [2.05, 4.69) is 59.5 Å². The molecule has 4 nitrogen and oxygen atoms in total. The predicted molar refractivity (Wildman–Crippen MR) is 147 cm³/mol. The lowest BCUT2D eigenvalue weighted by Crippen LogP contribution is -2.14. The summed E-state index contributed by atoms with van der Waals surface area (Å²) in [6.07, 6.45) is 0. The largest absolute Gasteiger partial charge is 0.455 e. The highest BCUT2D eigenvalue weighted by Crippen LogP contribution is 2.52. The molecule has 0 fully saturated rings. The number of hydrogen-bond acceptors (Lipinski definition) is 5. The lowest BCUT2D eigenvalue weighted by molar-refractivity contribution is 0.670. The van der Waals surface area contributed by atoms with Crippen molar-refractivity contribution in [2.24, 2.45) is 0 Å². The van der Waals surface area contributed by atoms with Crippen molar-refractivity contribution in [3.05, 3.63) is 114 Å². The van der Waals surface area contributed by atoms with Crippen LogP contribution in [0.5, 0.6) is 0 Å². The first-order valence-electron chi connectivity index (χ1n) is 11.8. The van der Waals surface area contributed by atoms with E-state index in [0.717, 1.165) is 48.8 Å². The third-order valence-corrected chi connectivity index (χ3v) is 7.86. The summed E-state index contributed by atoms with van der Waals surface area (Å²) in [6, 6.07) is 38.7. The fourth-order valence-electron chi connectivity index (χ4n) is 5.14. The zero-order valence-electron chi connectivity index (χ0n) is 19.5. The summed E-state index contributed by atoms with van der Waals surface area (Å²) in [6.45, 7) is 0. The van der Waals surface area contributed by atoms with Crippen LogP contribution >= 0.6 is 11.8 Å². The van der Waals surface area contributed by atoms with E-state index in [-0.39, 0.29) is 0 Å². The van der Waals surface area contributed by atoms with Crippen LogP contribution in [-0.2, 0) is 0 Å². The van der Waals surface area contributed by atoms with Gasteiger partial charge < -0.3 is 9.32 Å². The highest BCUT2D eigenvalue weighted by atomic mass is 32.2. The standard InChI is InChI=1S/C32H17N3OS/c33-18-20-8-7-9-21(19-34)31(20)25-17-22(16-24-23-10-1-4-13-28(23)36-32(24)25)35-26-11-2-5-14-29(26)37-30-15-6-3-12-27(30)35/h1-17H. The van der Waals surface area contributed by atoms with Crippen LogP contribution in [0.3, 0.4) is 0 Å². The molecule has 37 heavy (non-hydrogen) atoms. The summed E-state index contributed by atoms with van der Waals surface area (Å²) < 4.78 is 6.38. The number of hydrogen-bond donors (Lipinski definition) is 0. The Labute approximate surface area is 217 Å². The molecule has 7 rings (SSSR count). The van der Waals surface area contributed by atoms with E-state index in [1.165, 1.54) is 0 Å². The molecule has 0 amide bonds. The lowest BCUT2D eigenvalue weighted by Gasteiger charge is -2.33. The fourth-order valence-corrected chi connectivity index (χ4v) is 6.20. The van der Waals surface area contributed by atoms with Gasteiger partial charge in [0.25, 0.3) is 0 Å². The van der Waals surface area contributed by atoms with Gasteiger partial charge in [-0.1, -0.05) is 60.3 Å². The van der Waals surface area contributed by atoms with E-state index >= 15 is 0 Å². The SMILES string of the molecule is N#Cc1cccc(C#N)c1-c1cc(N2c3ccccc3Sc3ccccc32)cc2c1oc1ccccc12. The van der Waals surface area contributed by atoms with Gasteiger partial charge in [-0.15, -0.1) is 0 Å². The summed E-state index contributed by atoms with van der Waals surface area (Å²) in [5.41, 5.74) is 6.72. The van der Waals surface area contributed by atoms with Crippen LogP contribution in [0.15, 0.2) is 117 Å². The van der Waals surface area contributed by atoms with Gasteiger partial charge in [0.05, 0.1) is 34.6 Å². The second-order valence-electron chi connectivity index (χ2n) is 8.79. The van der Waals surface area contributed by atoms with E-state index in [4.69, 9.17) is 4.42 Å². The van der Waals surface area contributed by atoms with Crippen LogP contribution < -0.4 is 4.90 Å². The fraction of sp³-hybridized carbons (Fsp3) is 0. The molecule has 1 aromatic heterocycles. The zero-order chi connectivity index (χ0) is 24.9. The Hall–Kier alpha value is -4.97. The van der Waals surface area contributed by atoms with Gasteiger partial charge in [0.1, 0.15) is 11.2 Å². The van der Waals surface area contributed by atoms with Gasteiger partial charge >= 0.3 is 0 Å². The van der Waals surface area contributed by atoms with Gasteiger partial charge in [-0.05, 0) is 54.6 Å². The summed E-state index contributed by atoms with van der Waals surface area (Å²) in [5, 5.41) is 21.9. The molecule has 5 aromatic carbocycles. The Morgan fingerprint density at radius 3 is 1.95 bits per heavy atom. The first-order valence-corrected chi connectivity index (χ1v) is 12.6. The van der Waals surface area contributed by atoms with Crippen LogP contribution in [-0.4, -0.2) is 0 Å². The molecule has 0 aliphatic carbocycles. The zero-order valence-corrected chi connectivity index (χ0v) is 20.3. The van der Waals surface area contributed by atoms with Crippen LogP contribution in [0.1, 0.15) is 11.1 Å². The number of fused-ring (bicyclic) bond motifs is 5. The number of rotatable bonds is 2. The van der Waals surface area contributed by atoms with Crippen LogP contribution in [0.4, 0.5) is 17.1 Å². The first kappa shape index (κ1) is 21.3.